The molecule has 0 atom stereocenters. The number of hydrogen-bond acceptors (Lipinski definition) is 5. The molecule has 0 radical (unpaired) electrons. The van der Waals surface area contributed by atoms with E-state index in [1.54, 1.807) is 18.2 Å². The fraction of sp³-hybridized carbons (Fsp3) is 0.438. The number of nitrogens with zero attached hydrogens (tertiary/aromatic N) is 3. The molecule has 0 N–H and O–H groups in total. The Hall–Kier alpha value is -2.17. The summed E-state index contributed by atoms with van der Waals surface area (Å²) in [4.78, 5) is 11.9. The van der Waals surface area contributed by atoms with Gasteiger partial charge in [-0.05, 0) is 45.9 Å². The summed E-state index contributed by atoms with van der Waals surface area (Å²) in [5.74, 6) is -0.206. The number of hydrogen-bond donors (Lipinski definition) is 0. The lowest BCUT2D eigenvalue weighted by atomic mass is 9.82. The van der Waals surface area contributed by atoms with Crippen molar-refractivity contribution in [3.05, 3.63) is 23.8 Å². The van der Waals surface area contributed by atoms with Crippen LogP contribution >= 0.6 is 0 Å². The molecule has 1 aromatic heterocycles. The molecule has 0 saturated carbocycles. The summed E-state index contributed by atoms with van der Waals surface area (Å²) in [7, 11) is -0.683. The average Bonchev–Trinajstić information content (AvgIpc) is 2.93. The van der Waals surface area contributed by atoms with Gasteiger partial charge in [-0.15, -0.1) is 0 Å². The van der Waals surface area contributed by atoms with Crippen LogP contribution in [-0.2, 0) is 9.31 Å². The van der Waals surface area contributed by atoms with Gasteiger partial charge in [0.2, 0.25) is 5.91 Å². The Balaban J connectivity index is 2.18. The number of benzene rings is 1. The molecule has 118 valence electrons. The van der Waals surface area contributed by atoms with E-state index >= 15 is 0 Å². The minimum absolute atomic E-state index is 0.206. The van der Waals surface area contributed by atoms with Crippen LogP contribution in [0, 0.1) is 11.3 Å². The van der Waals surface area contributed by atoms with Crippen LogP contribution in [0.1, 0.15) is 45.0 Å². The SMILES string of the molecule is CC(=O)n1nc(B2OC(C)(C)C(C)(C)O2)c2cc(C#N)ccc21. The Labute approximate surface area is 135 Å². The number of carbonyl (C=O) groups excluding carboxylic acids is 1. The van der Waals surface area contributed by atoms with Gasteiger partial charge in [0, 0.05) is 12.3 Å². The highest BCUT2D eigenvalue weighted by Gasteiger charge is 2.53. The fourth-order valence-corrected chi connectivity index (χ4v) is 2.58. The smallest absolute Gasteiger partial charge is 0.398 e. The minimum atomic E-state index is -0.683. The van der Waals surface area contributed by atoms with E-state index in [-0.39, 0.29) is 5.91 Å². The van der Waals surface area contributed by atoms with Gasteiger partial charge >= 0.3 is 7.12 Å². The molecule has 7 heteroatoms. The molecule has 1 aliphatic rings. The molecule has 6 nitrogen and oxygen atoms in total. The number of carbonyl (C=O) groups is 1. The van der Waals surface area contributed by atoms with Crippen LogP contribution < -0.4 is 5.59 Å². The predicted octanol–water partition coefficient (Wildman–Crippen LogP) is 1.87. The summed E-state index contributed by atoms with van der Waals surface area (Å²) < 4.78 is 13.4. The molecule has 0 amide bonds. The van der Waals surface area contributed by atoms with E-state index < -0.39 is 18.3 Å². The predicted molar refractivity (Wildman–Crippen MR) is 86.5 cm³/mol. The van der Waals surface area contributed by atoms with Gasteiger partial charge in [-0.25, -0.2) is 4.68 Å². The molecule has 0 bridgehead atoms. The van der Waals surface area contributed by atoms with Crippen molar-refractivity contribution >= 4 is 29.5 Å². The van der Waals surface area contributed by atoms with Gasteiger partial charge in [0.25, 0.3) is 0 Å². The summed E-state index contributed by atoms with van der Waals surface area (Å²) in [6.07, 6.45) is 0. The summed E-state index contributed by atoms with van der Waals surface area (Å²) in [6.45, 7) is 9.27. The summed E-state index contributed by atoms with van der Waals surface area (Å²) >= 11 is 0. The first-order valence-corrected chi connectivity index (χ1v) is 7.45. The first-order chi connectivity index (χ1) is 10.7. The van der Waals surface area contributed by atoms with Crippen molar-refractivity contribution in [3.63, 3.8) is 0 Å². The second-order valence-corrected chi connectivity index (χ2v) is 6.75. The first-order valence-electron chi connectivity index (χ1n) is 7.45. The molecule has 1 aliphatic heterocycles. The van der Waals surface area contributed by atoms with Crippen LogP contribution in [0.4, 0.5) is 0 Å². The van der Waals surface area contributed by atoms with Crippen molar-refractivity contribution in [2.75, 3.05) is 0 Å². The van der Waals surface area contributed by atoms with Crippen LogP contribution in [0.15, 0.2) is 18.2 Å². The third-order valence-electron chi connectivity index (χ3n) is 4.61. The van der Waals surface area contributed by atoms with E-state index in [4.69, 9.17) is 14.6 Å². The third-order valence-corrected chi connectivity index (χ3v) is 4.61. The van der Waals surface area contributed by atoms with E-state index in [1.165, 1.54) is 11.6 Å². The summed E-state index contributed by atoms with van der Waals surface area (Å²) in [6, 6.07) is 7.20. The molecule has 0 spiro atoms. The van der Waals surface area contributed by atoms with Crippen LogP contribution in [0.5, 0.6) is 0 Å². The second-order valence-electron chi connectivity index (χ2n) is 6.75. The lowest BCUT2D eigenvalue weighted by Gasteiger charge is -2.32. The van der Waals surface area contributed by atoms with Crippen LogP contribution in [0.2, 0.25) is 0 Å². The number of fused-ring (bicyclic) bond motifs is 1. The Kier molecular flexibility index (Phi) is 3.36. The van der Waals surface area contributed by atoms with Gasteiger partial charge < -0.3 is 9.31 Å². The molecule has 1 aromatic carbocycles. The highest BCUT2D eigenvalue weighted by atomic mass is 16.7. The molecule has 0 unspecified atom stereocenters. The van der Waals surface area contributed by atoms with Gasteiger partial charge in [0.1, 0.15) is 5.59 Å². The average molecular weight is 311 g/mol. The zero-order valence-electron chi connectivity index (χ0n) is 13.9. The Morgan fingerprint density at radius 2 is 1.87 bits per heavy atom. The molecular weight excluding hydrogens is 293 g/mol. The van der Waals surface area contributed by atoms with Gasteiger partial charge in [0.15, 0.2) is 0 Å². The highest BCUT2D eigenvalue weighted by molar-refractivity contribution is 6.64. The van der Waals surface area contributed by atoms with Gasteiger partial charge in [-0.2, -0.15) is 10.4 Å². The largest absolute Gasteiger partial charge is 0.517 e. The maximum Gasteiger partial charge on any atom is 0.517 e. The Bertz CT molecular complexity index is 832. The van der Waals surface area contributed by atoms with E-state index in [1.807, 2.05) is 27.7 Å². The zero-order valence-corrected chi connectivity index (χ0v) is 13.9. The van der Waals surface area contributed by atoms with E-state index in [2.05, 4.69) is 11.2 Å². The van der Waals surface area contributed by atoms with Crippen molar-refractivity contribution in [2.24, 2.45) is 0 Å². The summed E-state index contributed by atoms with van der Waals surface area (Å²) in [5, 5.41) is 14.2. The first kappa shape index (κ1) is 15.7. The molecule has 1 fully saturated rings. The monoisotopic (exact) mass is 311 g/mol. The minimum Gasteiger partial charge on any atom is -0.398 e. The Morgan fingerprint density at radius 1 is 1.26 bits per heavy atom. The third kappa shape index (κ3) is 2.35. The number of aromatic nitrogens is 2. The molecular formula is C16H18BN3O3. The molecule has 2 heterocycles. The zero-order chi connectivity index (χ0) is 17.0. The topological polar surface area (TPSA) is 77.1 Å². The van der Waals surface area contributed by atoms with E-state index in [0.29, 0.717) is 22.1 Å². The lowest BCUT2D eigenvalue weighted by molar-refractivity contribution is 0.00578. The van der Waals surface area contributed by atoms with E-state index in [0.717, 1.165) is 0 Å². The van der Waals surface area contributed by atoms with Crippen molar-refractivity contribution in [1.82, 2.24) is 9.78 Å². The summed E-state index contributed by atoms with van der Waals surface area (Å²) in [5.41, 5.74) is 0.652. The maximum absolute atomic E-state index is 11.9. The van der Waals surface area contributed by atoms with Crippen LogP contribution in [0.3, 0.4) is 0 Å². The van der Waals surface area contributed by atoms with Crippen molar-refractivity contribution < 1.29 is 14.1 Å². The maximum atomic E-state index is 11.9. The van der Waals surface area contributed by atoms with Gasteiger partial charge in [-0.3, -0.25) is 4.79 Å². The van der Waals surface area contributed by atoms with Crippen LogP contribution in [-0.4, -0.2) is 34.0 Å². The number of rotatable bonds is 1. The quantitative estimate of drug-likeness (QED) is 0.751. The standard InChI is InChI=1S/C16H18BN3O3/c1-10(21)20-13-7-6-11(9-18)8-12(13)14(19-20)17-22-15(2,3)16(4,5)23-17/h6-8H,1-5H3. The fourth-order valence-electron chi connectivity index (χ4n) is 2.58. The molecule has 23 heavy (non-hydrogen) atoms. The normalized spacial score (nSPS) is 19.0. The molecule has 1 saturated heterocycles. The molecule has 0 aliphatic carbocycles. The van der Waals surface area contributed by atoms with E-state index in [9.17, 15) is 4.79 Å². The molecule has 3 rings (SSSR count). The van der Waals surface area contributed by atoms with Gasteiger partial charge in [0.05, 0.1) is 28.4 Å². The second kappa shape index (κ2) is 4.92. The van der Waals surface area contributed by atoms with Gasteiger partial charge in [-0.1, -0.05) is 0 Å². The van der Waals surface area contributed by atoms with Crippen molar-refractivity contribution in [2.45, 2.75) is 45.8 Å². The van der Waals surface area contributed by atoms with Crippen molar-refractivity contribution in [1.29, 1.82) is 5.26 Å². The molecule has 2 aromatic rings. The Morgan fingerprint density at radius 3 is 2.39 bits per heavy atom. The highest BCUT2D eigenvalue weighted by Crippen LogP contribution is 2.36. The number of nitriles is 1. The van der Waals surface area contributed by atoms with Crippen LogP contribution in [0.25, 0.3) is 10.9 Å². The lowest BCUT2D eigenvalue weighted by Crippen LogP contribution is -2.41. The van der Waals surface area contributed by atoms with Crippen molar-refractivity contribution in [3.8, 4) is 6.07 Å².